The van der Waals surface area contributed by atoms with Crippen molar-refractivity contribution in [2.45, 2.75) is 6.92 Å². The number of nitro groups is 1. The second kappa shape index (κ2) is 8.32. The maximum Gasteiger partial charge on any atom is 0.338 e. The Morgan fingerprint density at radius 2 is 1.86 bits per heavy atom. The summed E-state index contributed by atoms with van der Waals surface area (Å²) in [6.45, 7) is 2.01. The van der Waals surface area contributed by atoms with E-state index in [9.17, 15) is 19.7 Å². The molecule has 0 radical (unpaired) electrons. The van der Waals surface area contributed by atoms with Crippen LogP contribution in [0.3, 0.4) is 0 Å². The van der Waals surface area contributed by atoms with Crippen molar-refractivity contribution in [3.63, 3.8) is 0 Å². The van der Waals surface area contributed by atoms with Gasteiger partial charge in [-0.1, -0.05) is 24.0 Å². The minimum Gasteiger partial charge on any atom is -0.462 e. The van der Waals surface area contributed by atoms with Crippen molar-refractivity contribution in [2.24, 2.45) is 0 Å². The zero-order valence-corrected chi connectivity index (χ0v) is 16.3. The first-order valence-electron chi connectivity index (χ1n) is 8.20. The van der Waals surface area contributed by atoms with Gasteiger partial charge in [-0.05, 0) is 55.0 Å². The van der Waals surface area contributed by atoms with E-state index in [1.165, 1.54) is 17.0 Å². The Morgan fingerprint density at radius 3 is 2.43 bits per heavy atom. The molecule has 1 aliphatic heterocycles. The lowest BCUT2D eigenvalue weighted by Crippen LogP contribution is -2.27. The zero-order chi connectivity index (χ0) is 20.3. The van der Waals surface area contributed by atoms with Crippen LogP contribution in [0.5, 0.6) is 0 Å². The Labute approximate surface area is 170 Å². The highest BCUT2D eigenvalue weighted by molar-refractivity contribution is 8.27. The van der Waals surface area contributed by atoms with Crippen LogP contribution in [0.2, 0.25) is 0 Å². The van der Waals surface area contributed by atoms with Gasteiger partial charge in [0.2, 0.25) is 0 Å². The monoisotopic (exact) mass is 414 g/mol. The molecule has 2 aromatic carbocycles. The van der Waals surface area contributed by atoms with Crippen LogP contribution in [-0.4, -0.2) is 27.7 Å². The van der Waals surface area contributed by atoms with Crippen molar-refractivity contribution in [3.05, 3.63) is 74.7 Å². The number of benzene rings is 2. The Hall–Kier alpha value is -3.04. The Bertz CT molecular complexity index is 984. The molecule has 0 spiro atoms. The van der Waals surface area contributed by atoms with Crippen molar-refractivity contribution in [3.8, 4) is 0 Å². The molecule has 1 aliphatic rings. The lowest BCUT2D eigenvalue weighted by molar-refractivity contribution is -0.384. The van der Waals surface area contributed by atoms with Crippen molar-refractivity contribution in [2.75, 3.05) is 11.5 Å². The maximum absolute atomic E-state index is 12.8. The lowest BCUT2D eigenvalue weighted by atomic mass is 10.2. The molecule has 28 heavy (non-hydrogen) atoms. The standard InChI is InChI=1S/C19H14N2O5S2/c1-2-26-18(23)13-5-9-14(10-6-13)20-17(22)16(28-19(20)27)11-12-3-7-15(8-4-12)21(24)25/h3-11H,2H2,1H3/b16-11-. The van der Waals surface area contributed by atoms with Crippen LogP contribution in [0, 0.1) is 10.1 Å². The van der Waals surface area contributed by atoms with Crippen LogP contribution in [0.1, 0.15) is 22.8 Å². The van der Waals surface area contributed by atoms with Crippen molar-refractivity contribution in [1.82, 2.24) is 0 Å². The number of ether oxygens (including phenoxy) is 1. The molecule has 1 heterocycles. The van der Waals surface area contributed by atoms with E-state index in [1.54, 1.807) is 49.4 Å². The fourth-order valence-corrected chi connectivity index (χ4v) is 3.79. The minimum atomic E-state index is -0.483. The van der Waals surface area contributed by atoms with E-state index in [0.717, 1.165) is 11.8 Å². The second-order valence-electron chi connectivity index (χ2n) is 5.63. The van der Waals surface area contributed by atoms with Gasteiger partial charge in [-0.25, -0.2) is 4.79 Å². The first-order chi connectivity index (χ1) is 13.4. The number of anilines is 1. The van der Waals surface area contributed by atoms with Crippen LogP contribution in [0.4, 0.5) is 11.4 Å². The van der Waals surface area contributed by atoms with Crippen LogP contribution < -0.4 is 4.90 Å². The van der Waals surface area contributed by atoms with Gasteiger partial charge >= 0.3 is 5.97 Å². The van der Waals surface area contributed by atoms with E-state index in [2.05, 4.69) is 0 Å². The molecule has 0 saturated carbocycles. The Morgan fingerprint density at radius 1 is 1.21 bits per heavy atom. The quantitative estimate of drug-likeness (QED) is 0.238. The molecule has 3 rings (SSSR count). The van der Waals surface area contributed by atoms with Gasteiger partial charge < -0.3 is 4.74 Å². The van der Waals surface area contributed by atoms with E-state index in [4.69, 9.17) is 17.0 Å². The summed E-state index contributed by atoms with van der Waals surface area (Å²) in [4.78, 5) is 36.6. The molecule has 7 nitrogen and oxygen atoms in total. The van der Waals surface area contributed by atoms with Gasteiger partial charge in [-0.2, -0.15) is 0 Å². The number of nitro benzene ring substituents is 1. The number of hydrogen-bond acceptors (Lipinski definition) is 7. The van der Waals surface area contributed by atoms with Crippen LogP contribution in [0.15, 0.2) is 53.4 Å². The van der Waals surface area contributed by atoms with E-state index < -0.39 is 10.9 Å². The number of amides is 1. The predicted molar refractivity (Wildman–Crippen MR) is 111 cm³/mol. The number of thioether (sulfide) groups is 1. The van der Waals surface area contributed by atoms with Gasteiger partial charge in [0, 0.05) is 12.1 Å². The second-order valence-corrected chi connectivity index (χ2v) is 7.31. The average Bonchev–Trinajstić information content (AvgIpc) is 2.96. The number of hydrogen-bond donors (Lipinski definition) is 0. The van der Waals surface area contributed by atoms with E-state index >= 15 is 0 Å². The third-order valence-corrected chi connectivity index (χ3v) is 5.13. The molecule has 1 saturated heterocycles. The van der Waals surface area contributed by atoms with Gasteiger partial charge in [0.15, 0.2) is 4.32 Å². The summed E-state index contributed by atoms with van der Waals surface area (Å²) in [7, 11) is 0. The molecule has 9 heteroatoms. The highest BCUT2D eigenvalue weighted by Gasteiger charge is 2.33. The molecule has 0 bridgehead atoms. The fraction of sp³-hybridized carbons (Fsp3) is 0.105. The normalized spacial score (nSPS) is 15.2. The molecule has 1 fully saturated rings. The summed E-state index contributed by atoms with van der Waals surface area (Å²) in [5.74, 6) is -0.727. The van der Waals surface area contributed by atoms with Crippen LogP contribution in [0.25, 0.3) is 6.08 Å². The third kappa shape index (κ3) is 4.10. The number of nitrogens with zero attached hydrogens (tertiary/aromatic N) is 2. The molecule has 0 unspecified atom stereocenters. The van der Waals surface area contributed by atoms with Crippen molar-refractivity contribution < 1.29 is 19.2 Å². The molecule has 0 aromatic heterocycles. The summed E-state index contributed by atoms with van der Waals surface area (Å²) in [6.07, 6.45) is 1.63. The molecule has 0 aliphatic carbocycles. The summed E-state index contributed by atoms with van der Waals surface area (Å²) in [5, 5.41) is 10.7. The van der Waals surface area contributed by atoms with Gasteiger partial charge in [0.1, 0.15) is 0 Å². The summed E-state index contributed by atoms with van der Waals surface area (Å²) < 4.78 is 5.30. The van der Waals surface area contributed by atoms with Crippen molar-refractivity contribution >= 4 is 57.6 Å². The molecule has 0 N–H and O–H groups in total. The summed E-state index contributed by atoms with van der Waals surface area (Å²) >= 11 is 6.46. The van der Waals surface area contributed by atoms with E-state index in [1.807, 2.05) is 0 Å². The molecule has 0 atom stereocenters. The SMILES string of the molecule is CCOC(=O)c1ccc(N2C(=O)/C(=C/c3ccc([N+](=O)[O-])cc3)SC2=S)cc1. The number of carbonyl (C=O) groups is 2. The molecule has 2 aromatic rings. The van der Waals surface area contributed by atoms with E-state index in [-0.39, 0.29) is 18.2 Å². The Kier molecular flexibility index (Phi) is 5.86. The highest BCUT2D eigenvalue weighted by atomic mass is 32.2. The number of esters is 1. The lowest BCUT2D eigenvalue weighted by Gasteiger charge is -2.14. The Balaban J connectivity index is 1.81. The van der Waals surface area contributed by atoms with Gasteiger partial charge in [-0.15, -0.1) is 0 Å². The highest BCUT2D eigenvalue weighted by Crippen LogP contribution is 2.36. The van der Waals surface area contributed by atoms with Crippen molar-refractivity contribution in [1.29, 1.82) is 0 Å². The summed E-state index contributed by atoms with van der Waals surface area (Å²) in [5.41, 5.74) is 1.57. The topological polar surface area (TPSA) is 89.8 Å². The van der Waals surface area contributed by atoms with Gasteiger partial charge in [0.25, 0.3) is 11.6 Å². The smallest absolute Gasteiger partial charge is 0.338 e. The number of thiocarbonyl (C=S) groups is 1. The molecular weight excluding hydrogens is 400 g/mol. The molecule has 1 amide bonds. The van der Waals surface area contributed by atoms with Gasteiger partial charge in [-0.3, -0.25) is 19.8 Å². The largest absolute Gasteiger partial charge is 0.462 e. The third-order valence-electron chi connectivity index (χ3n) is 3.83. The first-order valence-corrected chi connectivity index (χ1v) is 9.42. The number of carbonyl (C=O) groups excluding carboxylic acids is 2. The van der Waals surface area contributed by atoms with Crippen LogP contribution >= 0.6 is 24.0 Å². The van der Waals surface area contributed by atoms with Crippen LogP contribution in [-0.2, 0) is 9.53 Å². The summed E-state index contributed by atoms with van der Waals surface area (Å²) in [6, 6.07) is 12.3. The minimum absolute atomic E-state index is 0.0219. The predicted octanol–water partition coefficient (Wildman–Crippen LogP) is 4.18. The maximum atomic E-state index is 12.8. The zero-order valence-electron chi connectivity index (χ0n) is 14.7. The van der Waals surface area contributed by atoms with Gasteiger partial charge in [0.05, 0.1) is 27.7 Å². The number of rotatable bonds is 5. The van der Waals surface area contributed by atoms with E-state index in [0.29, 0.717) is 26.0 Å². The molecule has 142 valence electrons. The number of non-ortho nitro benzene ring substituents is 1. The molecular formula is C19H14N2O5S2. The average molecular weight is 414 g/mol. The first kappa shape index (κ1) is 19.7. The fourth-order valence-electron chi connectivity index (χ4n) is 2.49.